The van der Waals surface area contributed by atoms with Crippen molar-refractivity contribution < 1.29 is 0 Å². The summed E-state index contributed by atoms with van der Waals surface area (Å²) in [6.07, 6.45) is 13.2. The molecule has 6 rings (SSSR count). The molecule has 0 amide bonds. The minimum Gasteiger partial charge on any atom is -0.311 e. The standard InChI is InChI=1S/C48H45N/c1-34-25-35(2)29-43(28-34)10-7-40-13-19-46(20-14-40)49(47-21-15-41(16-22-47)8-11-44-30-36(3)26-37(4)31-44)48-23-17-42(18-24-48)9-12-45-32-38(5)27-39(6)33-45/h7-33H,1-6H3/b10-7+,11-8+,12-9+. The number of nitrogens with zero attached hydrogens (tertiary/aromatic N) is 1. The van der Waals surface area contributed by atoms with Crippen molar-refractivity contribution in [3.63, 3.8) is 0 Å². The Morgan fingerprint density at radius 2 is 0.469 bits per heavy atom. The Kier molecular flexibility index (Phi) is 10.2. The molecule has 1 nitrogen and oxygen atoms in total. The fourth-order valence-corrected chi connectivity index (χ4v) is 6.55. The van der Waals surface area contributed by atoms with Crippen molar-refractivity contribution in [3.8, 4) is 0 Å². The van der Waals surface area contributed by atoms with Crippen LogP contribution in [0.5, 0.6) is 0 Å². The average Bonchev–Trinajstić information content (AvgIpc) is 3.06. The molecule has 0 aromatic heterocycles. The highest BCUT2D eigenvalue weighted by Crippen LogP contribution is 2.35. The van der Waals surface area contributed by atoms with E-state index in [0.29, 0.717) is 0 Å². The minimum atomic E-state index is 1.11. The maximum atomic E-state index is 2.33. The van der Waals surface area contributed by atoms with E-state index in [4.69, 9.17) is 0 Å². The summed E-state index contributed by atoms with van der Waals surface area (Å²) in [5.41, 5.74) is 18.2. The van der Waals surface area contributed by atoms with E-state index in [2.05, 4.69) is 210 Å². The fraction of sp³-hybridized carbons (Fsp3) is 0.125. The van der Waals surface area contributed by atoms with Crippen LogP contribution in [0.25, 0.3) is 36.5 Å². The van der Waals surface area contributed by atoms with E-state index in [9.17, 15) is 0 Å². The van der Waals surface area contributed by atoms with Crippen LogP contribution in [0, 0.1) is 41.5 Å². The van der Waals surface area contributed by atoms with Gasteiger partial charge >= 0.3 is 0 Å². The predicted octanol–water partition coefficient (Wildman–Crippen LogP) is 13.5. The van der Waals surface area contributed by atoms with Gasteiger partial charge in [0.05, 0.1) is 0 Å². The Morgan fingerprint density at radius 3 is 0.694 bits per heavy atom. The second-order valence-corrected chi connectivity index (χ2v) is 13.4. The first-order valence-electron chi connectivity index (χ1n) is 17.1. The third-order valence-corrected chi connectivity index (χ3v) is 8.59. The molecule has 0 N–H and O–H groups in total. The highest BCUT2D eigenvalue weighted by Gasteiger charge is 2.12. The van der Waals surface area contributed by atoms with Crippen LogP contribution >= 0.6 is 0 Å². The summed E-state index contributed by atoms with van der Waals surface area (Å²) in [7, 11) is 0. The third kappa shape index (κ3) is 9.03. The molecule has 0 radical (unpaired) electrons. The van der Waals surface area contributed by atoms with Crippen LogP contribution < -0.4 is 4.90 Å². The molecule has 0 bridgehead atoms. The molecule has 242 valence electrons. The summed E-state index contributed by atoms with van der Waals surface area (Å²) in [4.78, 5) is 2.33. The molecule has 0 atom stereocenters. The maximum Gasteiger partial charge on any atom is 0.0462 e. The van der Waals surface area contributed by atoms with Crippen molar-refractivity contribution in [2.45, 2.75) is 41.5 Å². The van der Waals surface area contributed by atoms with E-state index in [1.807, 2.05) is 0 Å². The van der Waals surface area contributed by atoms with Gasteiger partial charge in [0.15, 0.2) is 0 Å². The molecule has 0 aliphatic carbocycles. The predicted molar refractivity (Wildman–Crippen MR) is 216 cm³/mol. The Bertz CT molecular complexity index is 1830. The van der Waals surface area contributed by atoms with Crippen LogP contribution in [0.4, 0.5) is 17.1 Å². The zero-order valence-electron chi connectivity index (χ0n) is 29.5. The summed E-state index contributed by atoms with van der Waals surface area (Å²) in [6, 6.07) is 46.4. The number of anilines is 3. The van der Waals surface area contributed by atoms with Gasteiger partial charge in [-0.2, -0.15) is 0 Å². The zero-order valence-corrected chi connectivity index (χ0v) is 29.5. The summed E-state index contributed by atoms with van der Waals surface area (Å²) in [5.74, 6) is 0. The Hall–Kier alpha value is -5.66. The molecule has 0 spiro atoms. The lowest BCUT2D eigenvalue weighted by Gasteiger charge is -2.26. The molecule has 0 fully saturated rings. The minimum absolute atomic E-state index is 1.11. The van der Waals surface area contributed by atoms with Gasteiger partial charge < -0.3 is 4.90 Å². The zero-order chi connectivity index (χ0) is 34.3. The van der Waals surface area contributed by atoms with E-state index < -0.39 is 0 Å². The van der Waals surface area contributed by atoms with Gasteiger partial charge in [-0.05, 0) is 111 Å². The monoisotopic (exact) mass is 635 g/mol. The van der Waals surface area contributed by atoms with Crippen LogP contribution in [0.3, 0.4) is 0 Å². The van der Waals surface area contributed by atoms with Crippen molar-refractivity contribution in [3.05, 3.63) is 194 Å². The number of aryl methyl sites for hydroxylation is 6. The van der Waals surface area contributed by atoms with Gasteiger partial charge in [-0.25, -0.2) is 0 Å². The van der Waals surface area contributed by atoms with Crippen LogP contribution in [-0.2, 0) is 0 Å². The molecule has 0 heterocycles. The van der Waals surface area contributed by atoms with Gasteiger partial charge in [-0.1, -0.05) is 161 Å². The lowest BCUT2D eigenvalue weighted by atomic mass is 10.0. The Morgan fingerprint density at radius 1 is 0.265 bits per heavy atom. The maximum absolute atomic E-state index is 2.33. The first-order chi connectivity index (χ1) is 23.7. The van der Waals surface area contributed by atoms with E-state index >= 15 is 0 Å². The quantitative estimate of drug-likeness (QED) is 0.143. The number of hydrogen-bond acceptors (Lipinski definition) is 1. The second-order valence-electron chi connectivity index (χ2n) is 13.4. The van der Waals surface area contributed by atoms with Crippen molar-refractivity contribution in [2.24, 2.45) is 0 Å². The summed E-state index contributed by atoms with van der Waals surface area (Å²) in [6.45, 7) is 12.9. The summed E-state index contributed by atoms with van der Waals surface area (Å²) < 4.78 is 0. The molecule has 6 aromatic rings. The van der Waals surface area contributed by atoms with Crippen LogP contribution in [0.1, 0.15) is 66.8 Å². The molecule has 0 aliphatic heterocycles. The first-order valence-corrected chi connectivity index (χ1v) is 17.1. The highest BCUT2D eigenvalue weighted by molar-refractivity contribution is 5.80. The molecule has 49 heavy (non-hydrogen) atoms. The number of rotatable bonds is 9. The molecule has 0 unspecified atom stereocenters. The van der Waals surface area contributed by atoms with Crippen LogP contribution in [0.2, 0.25) is 0 Å². The van der Waals surface area contributed by atoms with Gasteiger partial charge in [-0.15, -0.1) is 0 Å². The summed E-state index contributed by atoms with van der Waals surface area (Å²) >= 11 is 0. The smallest absolute Gasteiger partial charge is 0.0462 e. The van der Waals surface area contributed by atoms with E-state index in [-0.39, 0.29) is 0 Å². The van der Waals surface area contributed by atoms with Gasteiger partial charge in [0.25, 0.3) is 0 Å². The molecule has 1 heteroatoms. The van der Waals surface area contributed by atoms with E-state index in [0.717, 1.165) is 17.1 Å². The SMILES string of the molecule is Cc1cc(C)cc(/C=C/c2ccc(N(c3ccc(/C=C/c4cc(C)cc(C)c4)cc3)c3ccc(/C=C/c4cc(C)cc(C)c4)cc3)cc2)c1. The van der Waals surface area contributed by atoms with Gasteiger partial charge in [0.2, 0.25) is 0 Å². The van der Waals surface area contributed by atoms with E-state index in [1.165, 1.54) is 66.8 Å². The van der Waals surface area contributed by atoms with Gasteiger partial charge in [0, 0.05) is 17.1 Å². The largest absolute Gasteiger partial charge is 0.311 e. The third-order valence-electron chi connectivity index (χ3n) is 8.59. The average molecular weight is 636 g/mol. The van der Waals surface area contributed by atoms with Crippen molar-refractivity contribution in [1.82, 2.24) is 0 Å². The molecule has 0 aliphatic rings. The number of benzene rings is 6. The summed E-state index contributed by atoms with van der Waals surface area (Å²) in [5, 5.41) is 0. The fourth-order valence-electron chi connectivity index (χ4n) is 6.55. The Labute approximate surface area is 293 Å². The van der Waals surface area contributed by atoms with Crippen molar-refractivity contribution >= 4 is 53.5 Å². The second kappa shape index (κ2) is 15.0. The highest BCUT2D eigenvalue weighted by atomic mass is 15.1. The lowest BCUT2D eigenvalue weighted by molar-refractivity contribution is 1.28. The normalized spacial score (nSPS) is 11.6. The first kappa shape index (κ1) is 33.2. The Balaban J connectivity index is 1.28. The van der Waals surface area contributed by atoms with Crippen LogP contribution in [-0.4, -0.2) is 0 Å². The van der Waals surface area contributed by atoms with Crippen LogP contribution in [0.15, 0.2) is 127 Å². The van der Waals surface area contributed by atoms with Crippen molar-refractivity contribution in [2.75, 3.05) is 4.90 Å². The lowest BCUT2D eigenvalue weighted by Crippen LogP contribution is -2.09. The van der Waals surface area contributed by atoms with Gasteiger partial charge in [-0.3, -0.25) is 0 Å². The van der Waals surface area contributed by atoms with E-state index in [1.54, 1.807) is 0 Å². The molecule has 6 aromatic carbocycles. The topological polar surface area (TPSA) is 3.24 Å². The molecule has 0 saturated carbocycles. The van der Waals surface area contributed by atoms with Crippen molar-refractivity contribution in [1.29, 1.82) is 0 Å². The molecular weight excluding hydrogens is 591 g/mol. The molecule has 0 saturated heterocycles. The molecular formula is C48H45N. The van der Waals surface area contributed by atoms with Gasteiger partial charge in [0.1, 0.15) is 0 Å². The number of hydrogen-bond donors (Lipinski definition) is 0.